The molecule has 0 radical (unpaired) electrons. The first-order chi connectivity index (χ1) is 17.7. The summed E-state index contributed by atoms with van der Waals surface area (Å²) >= 11 is 0. The number of esters is 1. The molecule has 2 aromatic rings. The van der Waals surface area contributed by atoms with Crippen LogP contribution >= 0.6 is 0 Å². The van der Waals surface area contributed by atoms with Crippen LogP contribution in [0.2, 0.25) is 0 Å². The van der Waals surface area contributed by atoms with E-state index >= 15 is 0 Å². The molecule has 0 atom stereocenters. The number of aromatic nitrogens is 1. The maximum Gasteiger partial charge on any atom is 0.342 e. The standard InChI is InChI=1S/C29H42N4O4/c1-29(2,3)37-28(35)24-9-7-8-22(27(24)36-4)15-17-33-26(34)20-21-11-13-23(14-12-21)30-18-19-32-25-10-5-6-16-31-25/h5-10,16,21,23,30H,11-15,17-20H2,1-4H3,(H,31,32)(H,33,34). The summed E-state index contributed by atoms with van der Waals surface area (Å²) in [6.45, 7) is 7.73. The van der Waals surface area contributed by atoms with Gasteiger partial charge in [-0.15, -0.1) is 0 Å². The molecule has 1 heterocycles. The number of nitrogens with zero attached hydrogens (tertiary/aromatic N) is 1. The van der Waals surface area contributed by atoms with Gasteiger partial charge in [-0.1, -0.05) is 18.2 Å². The lowest BCUT2D eigenvalue weighted by Crippen LogP contribution is -2.37. The van der Waals surface area contributed by atoms with E-state index in [9.17, 15) is 9.59 Å². The number of hydrogen-bond acceptors (Lipinski definition) is 7. The molecule has 0 aliphatic heterocycles. The lowest BCUT2D eigenvalue weighted by Gasteiger charge is -2.29. The molecule has 0 bridgehead atoms. The Hall–Kier alpha value is -3.13. The average molecular weight is 511 g/mol. The van der Waals surface area contributed by atoms with Crippen molar-refractivity contribution in [2.75, 3.05) is 32.1 Å². The zero-order valence-electron chi connectivity index (χ0n) is 22.6. The normalized spacial score (nSPS) is 17.6. The van der Waals surface area contributed by atoms with Crippen molar-refractivity contribution in [1.82, 2.24) is 15.6 Å². The third kappa shape index (κ3) is 9.69. The first kappa shape index (κ1) is 28.4. The smallest absolute Gasteiger partial charge is 0.342 e. The number of amides is 1. The van der Waals surface area contributed by atoms with Crippen LogP contribution < -0.4 is 20.7 Å². The number of benzene rings is 1. The first-order valence-corrected chi connectivity index (χ1v) is 13.3. The van der Waals surface area contributed by atoms with Gasteiger partial charge < -0.3 is 25.4 Å². The van der Waals surface area contributed by atoms with Crippen LogP contribution in [-0.4, -0.2) is 55.2 Å². The lowest BCUT2D eigenvalue weighted by atomic mass is 9.84. The van der Waals surface area contributed by atoms with Crippen molar-refractivity contribution < 1.29 is 19.1 Å². The van der Waals surface area contributed by atoms with Gasteiger partial charge in [-0.05, 0) is 82.6 Å². The Balaban J connectivity index is 1.35. The average Bonchev–Trinajstić information content (AvgIpc) is 2.87. The van der Waals surface area contributed by atoms with Crippen molar-refractivity contribution in [3.63, 3.8) is 0 Å². The van der Waals surface area contributed by atoms with E-state index in [0.29, 0.717) is 42.7 Å². The molecule has 1 aromatic carbocycles. The van der Waals surface area contributed by atoms with Gasteiger partial charge in [0.25, 0.3) is 0 Å². The molecule has 1 aliphatic carbocycles. The SMILES string of the molecule is COc1c(CCNC(=O)CC2CCC(NCCNc3ccccn3)CC2)cccc1C(=O)OC(C)(C)C. The number of carbonyl (C=O) groups excluding carboxylic acids is 2. The molecule has 0 unspecified atom stereocenters. The third-order valence-electron chi connectivity index (χ3n) is 6.49. The number of pyridine rings is 1. The molecule has 1 saturated carbocycles. The predicted molar refractivity (Wildman–Crippen MR) is 146 cm³/mol. The summed E-state index contributed by atoms with van der Waals surface area (Å²) in [7, 11) is 1.55. The van der Waals surface area contributed by atoms with E-state index in [4.69, 9.17) is 9.47 Å². The molecular formula is C29H42N4O4. The quantitative estimate of drug-likeness (QED) is 0.288. The third-order valence-corrected chi connectivity index (χ3v) is 6.49. The second-order valence-corrected chi connectivity index (χ2v) is 10.6. The maximum absolute atomic E-state index is 12.6. The first-order valence-electron chi connectivity index (χ1n) is 13.3. The van der Waals surface area contributed by atoms with Gasteiger partial charge in [-0.25, -0.2) is 9.78 Å². The van der Waals surface area contributed by atoms with Crippen molar-refractivity contribution in [3.05, 3.63) is 53.7 Å². The minimum absolute atomic E-state index is 0.0817. The number of hydrogen-bond donors (Lipinski definition) is 3. The number of carbonyl (C=O) groups is 2. The van der Waals surface area contributed by atoms with E-state index in [1.165, 1.54) is 0 Å². The summed E-state index contributed by atoms with van der Waals surface area (Å²) in [5.41, 5.74) is 0.688. The van der Waals surface area contributed by atoms with Gasteiger partial charge in [0, 0.05) is 38.3 Å². The van der Waals surface area contributed by atoms with E-state index in [-0.39, 0.29) is 5.91 Å². The number of anilines is 1. The molecule has 0 saturated heterocycles. The number of nitrogens with one attached hydrogen (secondary N) is 3. The van der Waals surface area contributed by atoms with E-state index in [1.54, 1.807) is 19.4 Å². The zero-order chi connectivity index (χ0) is 26.7. The Morgan fingerprint density at radius 2 is 1.78 bits per heavy atom. The van der Waals surface area contributed by atoms with Gasteiger partial charge in [-0.2, -0.15) is 0 Å². The van der Waals surface area contributed by atoms with E-state index in [2.05, 4.69) is 20.9 Å². The topological polar surface area (TPSA) is 102 Å². The van der Waals surface area contributed by atoms with Crippen LogP contribution in [0.5, 0.6) is 5.75 Å². The van der Waals surface area contributed by atoms with Crippen molar-refractivity contribution in [3.8, 4) is 5.75 Å². The Morgan fingerprint density at radius 3 is 2.46 bits per heavy atom. The van der Waals surface area contributed by atoms with Crippen LogP contribution in [0.4, 0.5) is 5.82 Å². The highest BCUT2D eigenvalue weighted by atomic mass is 16.6. The van der Waals surface area contributed by atoms with Crippen molar-refractivity contribution in [2.24, 2.45) is 5.92 Å². The summed E-state index contributed by atoms with van der Waals surface area (Å²) in [5, 5.41) is 9.98. The summed E-state index contributed by atoms with van der Waals surface area (Å²) in [4.78, 5) is 29.4. The van der Waals surface area contributed by atoms with E-state index in [0.717, 1.165) is 50.2 Å². The summed E-state index contributed by atoms with van der Waals surface area (Å²) in [5.74, 6) is 1.50. The van der Waals surface area contributed by atoms with Gasteiger partial charge in [0.15, 0.2) is 0 Å². The highest BCUT2D eigenvalue weighted by Crippen LogP contribution is 2.28. The van der Waals surface area contributed by atoms with Crippen LogP contribution in [0.25, 0.3) is 0 Å². The highest BCUT2D eigenvalue weighted by molar-refractivity contribution is 5.93. The minimum atomic E-state index is -0.585. The molecule has 8 nitrogen and oxygen atoms in total. The van der Waals surface area contributed by atoms with Gasteiger partial charge in [0.1, 0.15) is 22.7 Å². The van der Waals surface area contributed by atoms with Crippen LogP contribution in [0, 0.1) is 5.92 Å². The Morgan fingerprint density at radius 1 is 1.00 bits per heavy atom. The highest BCUT2D eigenvalue weighted by Gasteiger charge is 2.24. The fourth-order valence-corrected chi connectivity index (χ4v) is 4.69. The Labute approximate surface area is 220 Å². The van der Waals surface area contributed by atoms with Crippen LogP contribution in [0.1, 0.15) is 68.8 Å². The lowest BCUT2D eigenvalue weighted by molar-refractivity contribution is -0.122. The Kier molecular flexibility index (Phi) is 10.7. The molecule has 1 aliphatic rings. The molecule has 1 aromatic heterocycles. The minimum Gasteiger partial charge on any atom is -0.496 e. The number of methoxy groups -OCH3 is 1. The molecule has 202 valence electrons. The van der Waals surface area contributed by atoms with Crippen LogP contribution in [-0.2, 0) is 16.0 Å². The second-order valence-electron chi connectivity index (χ2n) is 10.6. The van der Waals surface area contributed by atoms with Crippen LogP contribution in [0.3, 0.4) is 0 Å². The van der Waals surface area contributed by atoms with Crippen LogP contribution in [0.15, 0.2) is 42.6 Å². The van der Waals surface area contributed by atoms with Gasteiger partial charge in [0.05, 0.1) is 7.11 Å². The fourth-order valence-electron chi connectivity index (χ4n) is 4.69. The Bertz CT molecular complexity index is 999. The second kappa shape index (κ2) is 14.0. The maximum atomic E-state index is 12.6. The van der Waals surface area contributed by atoms with E-state index in [1.807, 2.05) is 51.1 Å². The molecule has 1 amide bonds. The number of rotatable bonds is 12. The summed E-state index contributed by atoms with van der Waals surface area (Å²) in [6.07, 6.45) is 7.23. The molecule has 8 heteroatoms. The molecule has 1 fully saturated rings. The van der Waals surface area contributed by atoms with Crippen molar-refractivity contribution in [1.29, 1.82) is 0 Å². The van der Waals surface area contributed by atoms with E-state index < -0.39 is 11.6 Å². The molecule has 3 N–H and O–H groups in total. The predicted octanol–water partition coefficient (Wildman–Crippen LogP) is 4.35. The number of para-hydroxylation sites is 1. The largest absolute Gasteiger partial charge is 0.496 e. The molecule has 0 spiro atoms. The fraction of sp³-hybridized carbons (Fsp3) is 0.552. The summed E-state index contributed by atoms with van der Waals surface area (Å²) in [6, 6.07) is 11.8. The molecule has 37 heavy (non-hydrogen) atoms. The van der Waals surface area contributed by atoms with Gasteiger partial charge in [0.2, 0.25) is 5.91 Å². The molecule has 3 rings (SSSR count). The number of ether oxygens (including phenoxy) is 2. The van der Waals surface area contributed by atoms with Crippen molar-refractivity contribution >= 4 is 17.7 Å². The monoisotopic (exact) mass is 510 g/mol. The van der Waals surface area contributed by atoms with Crippen molar-refractivity contribution in [2.45, 2.75) is 70.9 Å². The van der Waals surface area contributed by atoms with Gasteiger partial charge >= 0.3 is 5.97 Å². The van der Waals surface area contributed by atoms with Gasteiger partial charge in [-0.3, -0.25) is 4.79 Å². The zero-order valence-corrected chi connectivity index (χ0v) is 22.6. The molecular weight excluding hydrogens is 468 g/mol. The summed E-state index contributed by atoms with van der Waals surface area (Å²) < 4.78 is 11.0.